The van der Waals surface area contributed by atoms with Crippen LogP contribution >= 0.6 is 11.3 Å². The van der Waals surface area contributed by atoms with Gasteiger partial charge in [-0.1, -0.05) is 52.0 Å². The molecule has 124 valence electrons. The summed E-state index contributed by atoms with van der Waals surface area (Å²) >= 11 is 1.30. The Bertz CT molecular complexity index is 656. The maximum absolute atomic E-state index is 11.9. The summed E-state index contributed by atoms with van der Waals surface area (Å²) in [6.45, 7) is 9.08. The van der Waals surface area contributed by atoms with Crippen LogP contribution in [0, 0.1) is 0 Å². The summed E-state index contributed by atoms with van der Waals surface area (Å²) in [5.41, 5.74) is 2.44. The normalized spacial score (nSPS) is 12.9. The Morgan fingerprint density at radius 1 is 1.30 bits per heavy atom. The standard InChI is InChI=1S/C18H24N2O2S/c1-5-10-19-16(22)14-11-23-17(20-14)15(21)12-6-8-13(9-7-12)18(2,3)4/h6-9,11,15,21H,5,10H2,1-4H3,(H,19,22). The molecule has 0 aliphatic carbocycles. The smallest absolute Gasteiger partial charge is 0.270 e. The fourth-order valence-corrected chi connectivity index (χ4v) is 2.96. The highest BCUT2D eigenvalue weighted by Crippen LogP contribution is 2.28. The minimum atomic E-state index is -0.804. The minimum Gasteiger partial charge on any atom is -0.381 e. The Labute approximate surface area is 141 Å². The number of aliphatic hydroxyl groups is 1. The highest BCUT2D eigenvalue weighted by atomic mass is 32.1. The second kappa shape index (κ2) is 7.23. The molecule has 0 bridgehead atoms. The van der Waals surface area contributed by atoms with Crippen molar-refractivity contribution in [1.82, 2.24) is 10.3 Å². The van der Waals surface area contributed by atoms with Crippen LogP contribution in [0.3, 0.4) is 0 Å². The molecule has 1 heterocycles. The highest BCUT2D eigenvalue weighted by molar-refractivity contribution is 7.09. The van der Waals surface area contributed by atoms with Crippen LogP contribution in [0.25, 0.3) is 0 Å². The summed E-state index contributed by atoms with van der Waals surface area (Å²) in [6, 6.07) is 7.90. The van der Waals surface area contributed by atoms with E-state index in [2.05, 4.69) is 31.1 Å². The second-order valence-corrected chi connectivity index (χ2v) is 7.49. The molecule has 0 spiro atoms. The predicted molar refractivity (Wildman–Crippen MR) is 93.9 cm³/mol. The van der Waals surface area contributed by atoms with Gasteiger partial charge in [-0.25, -0.2) is 4.98 Å². The summed E-state index contributed by atoms with van der Waals surface area (Å²) < 4.78 is 0. The molecule has 2 aromatic rings. The van der Waals surface area contributed by atoms with Gasteiger partial charge in [0.1, 0.15) is 16.8 Å². The largest absolute Gasteiger partial charge is 0.381 e. The van der Waals surface area contributed by atoms with E-state index < -0.39 is 6.10 Å². The quantitative estimate of drug-likeness (QED) is 0.878. The van der Waals surface area contributed by atoms with Gasteiger partial charge in [0.05, 0.1) is 0 Å². The number of nitrogens with one attached hydrogen (secondary N) is 1. The molecule has 0 fully saturated rings. The molecule has 4 nitrogen and oxygen atoms in total. The molecule has 2 rings (SSSR count). The number of carbonyl (C=O) groups is 1. The van der Waals surface area contributed by atoms with E-state index in [1.807, 2.05) is 31.2 Å². The first kappa shape index (κ1) is 17.6. The van der Waals surface area contributed by atoms with Crippen LogP contribution in [0.4, 0.5) is 0 Å². The van der Waals surface area contributed by atoms with Gasteiger partial charge in [-0.2, -0.15) is 0 Å². The maximum atomic E-state index is 11.9. The Morgan fingerprint density at radius 3 is 2.52 bits per heavy atom. The molecular weight excluding hydrogens is 308 g/mol. The van der Waals surface area contributed by atoms with E-state index in [0.717, 1.165) is 12.0 Å². The van der Waals surface area contributed by atoms with Crippen molar-refractivity contribution in [3.05, 3.63) is 51.5 Å². The summed E-state index contributed by atoms with van der Waals surface area (Å²) in [5, 5.41) is 15.5. The number of aromatic nitrogens is 1. The Balaban J connectivity index is 2.13. The lowest BCUT2D eigenvalue weighted by atomic mass is 9.86. The van der Waals surface area contributed by atoms with Gasteiger partial charge in [-0.05, 0) is 23.0 Å². The van der Waals surface area contributed by atoms with Crippen molar-refractivity contribution in [3.8, 4) is 0 Å². The summed E-state index contributed by atoms with van der Waals surface area (Å²) in [5.74, 6) is -0.190. The molecule has 0 radical (unpaired) electrons. The van der Waals surface area contributed by atoms with E-state index in [4.69, 9.17) is 0 Å². The zero-order chi connectivity index (χ0) is 17.0. The van der Waals surface area contributed by atoms with Crippen LogP contribution in [0.5, 0.6) is 0 Å². The number of amides is 1. The summed E-state index contributed by atoms with van der Waals surface area (Å²) in [7, 11) is 0. The second-order valence-electron chi connectivity index (χ2n) is 6.60. The van der Waals surface area contributed by atoms with Crippen molar-refractivity contribution in [2.75, 3.05) is 6.54 Å². The summed E-state index contributed by atoms with van der Waals surface area (Å²) in [4.78, 5) is 16.1. The molecular formula is C18H24N2O2S. The minimum absolute atomic E-state index is 0.0786. The SMILES string of the molecule is CCCNC(=O)c1csc(C(O)c2ccc(C(C)(C)C)cc2)n1. The number of hydrogen-bond acceptors (Lipinski definition) is 4. The molecule has 1 atom stereocenters. The van der Waals surface area contributed by atoms with Gasteiger partial charge in [-0.15, -0.1) is 11.3 Å². The van der Waals surface area contributed by atoms with Gasteiger partial charge in [0.25, 0.3) is 5.91 Å². The van der Waals surface area contributed by atoms with Gasteiger partial charge in [0, 0.05) is 11.9 Å². The van der Waals surface area contributed by atoms with Crippen LogP contribution in [0.1, 0.15) is 66.8 Å². The number of thiazole rings is 1. The van der Waals surface area contributed by atoms with Gasteiger partial charge in [0.2, 0.25) is 0 Å². The maximum Gasteiger partial charge on any atom is 0.270 e. The molecule has 1 amide bonds. The Kier molecular flexibility index (Phi) is 5.55. The van der Waals surface area contributed by atoms with Crippen molar-refractivity contribution in [2.45, 2.75) is 45.6 Å². The van der Waals surface area contributed by atoms with E-state index in [0.29, 0.717) is 17.2 Å². The number of aliphatic hydroxyl groups excluding tert-OH is 1. The lowest BCUT2D eigenvalue weighted by Gasteiger charge is -2.19. The predicted octanol–water partition coefficient (Wildman–Crippen LogP) is 3.66. The van der Waals surface area contributed by atoms with E-state index in [1.54, 1.807) is 5.38 Å². The monoisotopic (exact) mass is 332 g/mol. The number of rotatable bonds is 5. The van der Waals surface area contributed by atoms with Crippen LogP contribution < -0.4 is 5.32 Å². The van der Waals surface area contributed by atoms with E-state index >= 15 is 0 Å². The Morgan fingerprint density at radius 2 is 1.96 bits per heavy atom. The number of nitrogens with zero attached hydrogens (tertiary/aromatic N) is 1. The third-order valence-corrected chi connectivity index (χ3v) is 4.51. The van der Waals surface area contributed by atoms with Gasteiger partial charge in [0.15, 0.2) is 0 Å². The lowest BCUT2D eigenvalue weighted by Crippen LogP contribution is -2.24. The van der Waals surface area contributed by atoms with Crippen molar-refractivity contribution in [2.24, 2.45) is 0 Å². The van der Waals surface area contributed by atoms with Crippen molar-refractivity contribution < 1.29 is 9.90 Å². The van der Waals surface area contributed by atoms with E-state index in [9.17, 15) is 9.90 Å². The first-order valence-electron chi connectivity index (χ1n) is 7.85. The fraction of sp³-hybridized carbons (Fsp3) is 0.444. The molecule has 1 aromatic carbocycles. The zero-order valence-electron chi connectivity index (χ0n) is 14.1. The third kappa shape index (κ3) is 4.39. The van der Waals surface area contributed by atoms with Gasteiger partial charge >= 0.3 is 0 Å². The molecule has 0 saturated carbocycles. The number of hydrogen-bond donors (Lipinski definition) is 2. The van der Waals surface area contributed by atoms with Crippen LogP contribution in [0.15, 0.2) is 29.6 Å². The molecule has 23 heavy (non-hydrogen) atoms. The van der Waals surface area contributed by atoms with Gasteiger partial charge < -0.3 is 10.4 Å². The van der Waals surface area contributed by atoms with Crippen LogP contribution in [-0.4, -0.2) is 22.5 Å². The Hall–Kier alpha value is -1.72. The molecule has 1 unspecified atom stereocenters. The highest BCUT2D eigenvalue weighted by Gasteiger charge is 2.19. The number of carbonyl (C=O) groups excluding carboxylic acids is 1. The van der Waals surface area contributed by atoms with E-state index in [-0.39, 0.29) is 11.3 Å². The van der Waals surface area contributed by atoms with E-state index in [1.165, 1.54) is 16.9 Å². The third-order valence-electron chi connectivity index (χ3n) is 3.62. The topological polar surface area (TPSA) is 62.2 Å². The first-order chi connectivity index (χ1) is 10.8. The van der Waals surface area contributed by atoms with Crippen molar-refractivity contribution >= 4 is 17.2 Å². The fourth-order valence-electron chi connectivity index (χ4n) is 2.15. The lowest BCUT2D eigenvalue weighted by molar-refractivity contribution is 0.0949. The summed E-state index contributed by atoms with van der Waals surface area (Å²) in [6.07, 6.45) is 0.0765. The molecule has 5 heteroatoms. The van der Waals surface area contributed by atoms with Gasteiger partial charge in [-0.3, -0.25) is 4.79 Å². The average Bonchev–Trinajstić information content (AvgIpc) is 3.01. The molecule has 2 N–H and O–H groups in total. The molecule has 0 aliphatic rings. The first-order valence-corrected chi connectivity index (χ1v) is 8.73. The van der Waals surface area contributed by atoms with Crippen LogP contribution in [0.2, 0.25) is 0 Å². The van der Waals surface area contributed by atoms with Crippen molar-refractivity contribution in [3.63, 3.8) is 0 Å². The molecule has 0 aliphatic heterocycles. The molecule has 0 saturated heterocycles. The van der Waals surface area contributed by atoms with Crippen molar-refractivity contribution in [1.29, 1.82) is 0 Å². The van der Waals surface area contributed by atoms with Crippen LogP contribution in [-0.2, 0) is 5.41 Å². The molecule has 1 aromatic heterocycles. The average molecular weight is 332 g/mol. The number of benzene rings is 1. The zero-order valence-corrected chi connectivity index (χ0v) is 14.9.